The van der Waals surface area contributed by atoms with E-state index >= 15 is 0 Å². The normalized spacial score (nSPS) is 15.7. The van der Waals surface area contributed by atoms with Crippen molar-refractivity contribution in [2.75, 3.05) is 12.3 Å². The molecule has 2 heterocycles. The second-order valence-electron chi connectivity index (χ2n) is 5.87. The first-order chi connectivity index (χ1) is 13.0. The number of ether oxygens (including phenoxy) is 1. The van der Waals surface area contributed by atoms with Gasteiger partial charge in [0.05, 0.1) is 22.4 Å². The molecule has 0 saturated carbocycles. The van der Waals surface area contributed by atoms with Gasteiger partial charge in [0.25, 0.3) is 5.56 Å². The van der Waals surface area contributed by atoms with Gasteiger partial charge in [0.15, 0.2) is 10.7 Å². The number of carbonyl (C=O) groups is 1. The number of allylic oxidation sites excluding steroid dienone is 4. The SMILES string of the molecule is CCOc1ccc2c(c1)sc1nc(=O)c(/C=C3/C=CC(=O)C(O)=C3)c(N)n12. The van der Waals surface area contributed by atoms with Crippen molar-refractivity contribution in [3.05, 3.63) is 63.7 Å². The maximum Gasteiger partial charge on any atom is 0.283 e. The number of aliphatic hydroxyl groups is 1. The Morgan fingerprint density at radius 1 is 1.33 bits per heavy atom. The van der Waals surface area contributed by atoms with Crippen LogP contribution in [-0.2, 0) is 4.79 Å². The number of benzene rings is 1. The van der Waals surface area contributed by atoms with Gasteiger partial charge in [-0.1, -0.05) is 17.4 Å². The second-order valence-corrected chi connectivity index (χ2v) is 6.88. The van der Waals surface area contributed by atoms with Crippen molar-refractivity contribution >= 4 is 44.2 Å². The minimum atomic E-state index is -0.487. The highest BCUT2D eigenvalue weighted by molar-refractivity contribution is 7.23. The maximum absolute atomic E-state index is 12.5. The first-order valence-electron chi connectivity index (χ1n) is 8.20. The van der Waals surface area contributed by atoms with E-state index < -0.39 is 11.3 Å². The van der Waals surface area contributed by atoms with Crippen LogP contribution in [0, 0.1) is 0 Å². The Morgan fingerprint density at radius 2 is 2.15 bits per heavy atom. The quantitative estimate of drug-likeness (QED) is 0.722. The van der Waals surface area contributed by atoms with Gasteiger partial charge < -0.3 is 15.6 Å². The van der Waals surface area contributed by atoms with E-state index in [0.717, 1.165) is 16.0 Å². The average Bonchev–Trinajstić information content (AvgIpc) is 2.99. The Balaban J connectivity index is 1.93. The van der Waals surface area contributed by atoms with Crippen LogP contribution in [-0.4, -0.2) is 26.9 Å². The molecule has 2 aromatic heterocycles. The van der Waals surface area contributed by atoms with Crippen LogP contribution in [0.2, 0.25) is 0 Å². The van der Waals surface area contributed by atoms with Gasteiger partial charge >= 0.3 is 0 Å². The van der Waals surface area contributed by atoms with Crippen molar-refractivity contribution in [1.82, 2.24) is 9.38 Å². The van der Waals surface area contributed by atoms with Crippen LogP contribution in [0.4, 0.5) is 5.82 Å². The molecule has 1 aliphatic rings. The molecule has 0 spiro atoms. The zero-order chi connectivity index (χ0) is 19.1. The van der Waals surface area contributed by atoms with Crippen LogP contribution < -0.4 is 16.0 Å². The summed E-state index contributed by atoms with van der Waals surface area (Å²) in [4.78, 5) is 28.4. The third-order valence-electron chi connectivity index (χ3n) is 4.11. The number of nitrogens with zero attached hydrogens (tertiary/aromatic N) is 2. The van der Waals surface area contributed by atoms with Crippen LogP contribution in [0.1, 0.15) is 12.5 Å². The molecule has 27 heavy (non-hydrogen) atoms. The van der Waals surface area contributed by atoms with Crippen molar-refractivity contribution in [2.45, 2.75) is 6.92 Å². The molecule has 0 amide bonds. The van der Waals surface area contributed by atoms with E-state index in [2.05, 4.69) is 4.98 Å². The van der Waals surface area contributed by atoms with Crippen LogP contribution >= 0.6 is 11.3 Å². The first kappa shape index (κ1) is 17.0. The lowest BCUT2D eigenvalue weighted by atomic mass is 10.1. The third-order valence-corrected chi connectivity index (χ3v) is 5.12. The topological polar surface area (TPSA) is 107 Å². The highest BCUT2D eigenvalue weighted by Gasteiger charge is 2.16. The molecule has 0 unspecified atom stereocenters. The molecule has 0 saturated heterocycles. The molecule has 4 rings (SSSR count). The van der Waals surface area contributed by atoms with Gasteiger partial charge in [0.2, 0.25) is 5.78 Å². The number of hydrogen-bond acceptors (Lipinski definition) is 7. The number of anilines is 1. The summed E-state index contributed by atoms with van der Waals surface area (Å²) in [6.45, 7) is 2.47. The average molecular weight is 381 g/mol. The van der Waals surface area contributed by atoms with E-state index in [1.807, 2.05) is 25.1 Å². The standard InChI is InChI=1S/C19H15N3O4S/c1-2-26-11-4-5-13-16(9-11)27-19-21-18(25)12(17(20)22(13)19)7-10-3-6-14(23)15(24)8-10/h3-9,24H,2,20H2,1H3/b10-7-. The number of aliphatic hydroxyl groups excluding tert-OH is 1. The van der Waals surface area contributed by atoms with Crippen LogP contribution in [0.25, 0.3) is 21.3 Å². The molecular formula is C19H15N3O4S. The van der Waals surface area contributed by atoms with Crippen molar-refractivity contribution in [3.63, 3.8) is 0 Å². The fourth-order valence-electron chi connectivity index (χ4n) is 2.87. The molecule has 3 N–H and O–H groups in total. The van der Waals surface area contributed by atoms with Gasteiger partial charge in [0.1, 0.15) is 11.6 Å². The fourth-order valence-corrected chi connectivity index (χ4v) is 3.93. The fraction of sp³-hybridized carbons (Fsp3) is 0.105. The van der Waals surface area contributed by atoms with E-state index in [9.17, 15) is 14.7 Å². The smallest absolute Gasteiger partial charge is 0.283 e. The second kappa shape index (κ2) is 6.40. The number of nitrogens with two attached hydrogens (primary N) is 1. The number of thiazole rings is 1. The Hall–Kier alpha value is -3.39. The van der Waals surface area contributed by atoms with Crippen LogP contribution in [0.3, 0.4) is 0 Å². The number of nitrogen functional groups attached to an aromatic ring is 1. The third kappa shape index (κ3) is 2.89. The Bertz CT molecular complexity index is 1250. The van der Waals surface area contributed by atoms with Gasteiger partial charge in [-0.25, -0.2) is 0 Å². The van der Waals surface area contributed by atoms with Gasteiger partial charge in [-0.05, 0) is 48.9 Å². The number of aromatic nitrogens is 2. The summed E-state index contributed by atoms with van der Waals surface area (Å²) < 4.78 is 8.12. The molecule has 0 fully saturated rings. The van der Waals surface area contributed by atoms with E-state index in [-0.39, 0.29) is 17.1 Å². The summed E-state index contributed by atoms with van der Waals surface area (Å²) in [6, 6.07) is 5.59. The summed E-state index contributed by atoms with van der Waals surface area (Å²) in [6.07, 6.45) is 5.54. The lowest BCUT2D eigenvalue weighted by Gasteiger charge is -2.07. The predicted octanol–water partition coefficient (Wildman–Crippen LogP) is 2.85. The number of ketones is 1. The lowest BCUT2D eigenvalue weighted by Crippen LogP contribution is -2.16. The highest BCUT2D eigenvalue weighted by Crippen LogP contribution is 2.31. The molecule has 0 bridgehead atoms. The first-order valence-corrected chi connectivity index (χ1v) is 9.02. The number of hydrogen-bond donors (Lipinski definition) is 2. The zero-order valence-electron chi connectivity index (χ0n) is 14.3. The Morgan fingerprint density at radius 3 is 2.89 bits per heavy atom. The maximum atomic E-state index is 12.5. The number of rotatable bonds is 3. The van der Waals surface area contributed by atoms with Crippen LogP contribution in [0.5, 0.6) is 5.75 Å². The van der Waals surface area contributed by atoms with Gasteiger partial charge in [-0.2, -0.15) is 4.98 Å². The molecule has 3 aromatic rings. The van der Waals surface area contributed by atoms with E-state index in [1.54, 1.807) is 4.40 Å². The molecule has 0 aliphatic heterocycles. The molecule has 1 aliphatic carbocycles. The molecule has 8 heteroatoms. The monoisotopic (exact) mass is 381 g/mol. The summed E-state index contributed by atoms with van der Waals surface area (Å²) in [7, 11) is 0. The van der Waals surface area contributed by atoms with Crippen molar-refractivity contribution in [1.29, 1.82) is 0 Å². The Kier molecular flexibility index (Phi) is 4.04. The summed E-state index contributed by atoms with van der Waals surface area (Å²) >= 11 is 1.35. The number of carbonyl (C=O) groups excluding carboxylic acids is 1. The molecular weight excluding hydrogens is 366 g/mol. The van der Waals surface area contributed by atoms with Crippen LogP contribution in [0.15, 0.2) is 52.6 Å². The minimum Gasteiger partial charge on any atom is -0.504 e. The summed E-state index contributed by atoms with van der Waals surface area (Å²) in [5, 5.41) is 9.59. The van der Waals surface area contributed by atoms with E-state index in [1.165, 1.54) is 35.6 Å². The molecule has 0 radical (unpaired) electrons. The van der Waals surface area contributed by atoms with Crippen molar-refractivity contribution in [3.8, 4) is 5.75 Å². The zero-order valence-corrected chi connectivity index (χ0v) is 15.1. The van der Waals surface area contributed by atoms with E-state index in [0.29, 0.717) is 17.1 Å². The molecule has 1 aromatic carbocycles. The van der Waals surface area contributed by atoms with Gasteiger partial charge in [-0.15, -0.1) is 0 Å². The Labute approximate surface area is 157 Å². The van der Waals surface area contributed by atoms with Gasteiger partial charge in [0, 0.05) is 0 Å². The molecule has 7 nitrogen and oxygen atoms in total. The van der Waals surface area contributed by atoms with Crippen molar-refractivity contribution in [2.24, 2.45) is 0 Å². The minimum absolute atomic E-state index is 0.194. The molecule has 136 valence electrons. The summed E-state index contributed by atoms with van der Waals surface area (Å²) in [5.74, 6) is 0.101. The summed E-state index contributed by atoms with van der Waals surface area (Å²) in [5.41, 5.74) is 7.30. The van der Waals surface area contributed by atoms with Gasteiger partial charge in [-0.3, -0.25) is 14.0 Å². The molecule has 0 atom stereocenters. The lowest BCUT2D eigenvalue weighted by molar-refractivity contribution is -0.113. The largest absolute Gasteiger partial charge is 0.504 e. The number of fused-ring (bicyclic) bond motifs is 3. The van der Waals surface area contributed by atoms with Crippen molar-refractivity contribution < 1.29 is 14.6 Å². The highest BCUT2D eigenvalue weighted by atomic mass is 32.1. The van der Waals surface area contributed by atoms with E-state index in [4.69, 9.17) is 10.5 Å². The predicted molar refractivity (Wildman–Crippen MR) is 105 cm³/mol.